The summed E-state index contributed by atoms with van der Waals surface area (Å²) in [6, 6.07) is 19.0. The maximum atomic E-state index is 13.3. The zero-order chi connectivity index (χ0) is 23.7. The van der Waals surface area contributed by atoms with E-state index in [4.69, 9.17) is 16.3 Å². The van der Waals surface area contributed by atoms with Crippen LogP contribution in [0.4, 0.5) is 5.69 Å². The summed E-state index contributed by atoms with van der Waals surface area (Å²) in [7, 11) is 0. The third kappa shape index (κ3) is 4.24. The Labute approximate surface area is 197 Å². The van der Waals surface area contributed by atoms with Gasteiger partial charge in [0, 0.05) is 11.3 Å². The number of ether oxygens (including phenoxy) is 1. The minimum absolute atomic E-state index is 0.0249. The molecule has 1 saturated heterocycles. The Kier molecular flexibility index (Phi) is 6.25. The fourth-order valence-electron chi connectivity index (χ4n) is 4.10. The predicted octanol–water partition coefficient (Wildman–Crippen LogP) is 5.98. The van der Waals surface area contributed by atoms with Crippen LogP contribution in [0.1, 0.15) is 35.2 Å². The second-order valence-electron chi connectivity index (χ2n) is 8.00. The third-order valence-electron chi connectivity index (χ3n) is 5.59. The lowest BCUT2D eigenvalue weighted by Gasteiger charge is -2.26. The van der Waals surface area contributed by atoms with Gasteiger partial charge in [-0.3, -0.25) is 14.5 Å². The monoisotopic (exact) mass is 461 g/mol. The van der Waals surface area contributed by atoms with E-state index in [0.29, 0.717) is 28.6 Å². The minimum Gasteiger partial charge on any atom is -0.507 e. The second kappa shape index (κ2) is 9.12. The molecule has 0 aliphatic carbocycles. The van der Waals surface area contributed by atoms with Crippen LogP contribution in [-0.2, 0) is 9.59 Å². The zero-order valence-electron chi connectivity index (χ0n) is 18.6. The molecule has 33 heavy (non-hydrogen) atoms. The van der Waals surface area contributed by atoms with Gasteiger partial charge in [0.1, 0.15) is 11.5 Å². The molecule has 6 heteroatoms. The highest BCUT2D eigenvalue weighted by molar-refractivity contribution is 6.51. The Morgan fingerprint density at radius 3 is 2.36 bits per heavy atom. The van der Waals surface area contributed by atoms with Crippen LogP contribution in [0.2, 0.25) is 5.02 Å². The van der Waals surface area contributed by atoms with Gasteiger partial charge in [-0.25, -0.2) is 0 Å². The summed E-state index contributed by atoms with van der Waals surface area (Å²) >= 11 is 6.20. The van der Waals surface area contributed by atoms with Gasteiger partial charge in [-0.15, -0.1) is 0 Å². The van der Waals surface area contributed by atoms with E-state index in [1.807, 2.05) is 63.2 Å². The standard InChI is InChI=1S/C27H24ClNO4/c1-4-33-22-15-19(11-12-21(22)28)25(30)23-24(18-9-5-7-16(2)13-18)29(27(32)26(23)31)20-10-6-8-17(3)14-20/h5-15,24,30H,4H2,1-3H3/b25-23-. The van der Waals surface area contributed by atoms with Crippen LogP contribution in [0.3, 0.4) is 0 Å². The zero-order valence-corrected chi connectivity index (χ0v) is 19.4. The molecule has 1 aliphatic rings. The lowest BCUT2D eigenvalue weighted by Crippen LogP contribution is -2.29. The van der Waals surface area contributed by atoms with Gasteiger partial charge in [-0.1, -0.05) is 53.6 Å². The molecule has 0 bridgehead atoms. The lowest BCUT2D eigenvalue weighted by molar-refractivity contribution is -0.132. The quantitative estimate of drug-likeness (QED) is 0.288. The van der Waals surface area contributed by atoms with Gasteiger partial charge >= 0.3 is 0 Å². The van der Waals surface area contributed by atoms with Gasteiger partial charge in [0.15, 0.2) is 0 Å². The van der Waals surface area contributed by atoms with Gasteiger partial charge in [0.25, 0.3) is 11.7 Å². The van der Waals surface area contributed by atoms with E-state index < -0.39 is 17.7 Å². The Balaban J connectivity index is 1.95. The first-order valence-corrected chi connectivity index (χ1v) is 11.1. The number of amides is 1. The number of rotatable bonds is 5. The summed E-state index contributed by atoms with van der Waals surface area (Å²) in [5, 5.41) is 11.7. The molecule has 1 atom stereocenters. The van der Waals surface area contributed by atoms with Crippen LogP contribution in [0.15, 0.2) is 72.3 Å². The van der Waals surface area contributed by atoms with E-state index in [1.165, 1.54) is 4.90 Å². The van der Waals surface area contributed by atoms with Crippen LogP contribution in [0.25, 0.3) is 5.76 Å². The molecule has 1 N–H and O–H groups in total. The average Bonchev–Trinajstić information content (AvgIpc) is 3.05. The lowest BCUT2D eigenvalue weighted by atomic mass is 9.94. The van der Waals surface area contributed by atoms with Crippen molar-refractivity contribution >= 4 is 34.7 Å². The van der Waals surface area contributed by atoms with Crippen LogP contribution < -0.4 is 9.64 Å². The minimum atomic E-state index is -0.780. The number of aryl methyl sites for hydroxylation is 2. The van der Waals surface area contributed by atoms with Crippen LogP contribution >= 0.6 is 11.6 Å². The van der Waals surface area contributed by atoms with Crippen molar-refractivity contribution in [1.82, 2.24) is 0 Å². The molecule has 0 radical (unpaired) electrons. The SMILES string of the molecule is CCOc1cc(/C(O)=C2/C(=O)C(=O)N(c3cccc(C)c3)C2c2cccc(C)c2)ccc1Cl. The Bertz CT molecular complexity index is 1280. The van der Waals surface area contributed by atoms with Crippen molar-refractivity contribution in [1.29, 1.82) is 0 Å². The number of hydrogen-bond donors (Lipinski definition) is 1. The first-order valence-electron chi connectivity index (χ1n) is 10.7. The fourth-order valence-corrected chi connectivity index (χ4v) is 4.28. The molecule has 3 aromatic carbocycles. The molecule has 1 unspecified atom stereocenters. The number of nitrogens with zero attached hydrogens (tertiary/aromatic N) is 1. The number of Topliss-reactive ketones (excluding diaryl/α,β-unsaturated/α-hetero) is 1. The number of anilines is 1. The Morgan fingerprint density at radius 2 is 1.70 bits per heavy atom. The Hall–Kier alpha value is -3.57. The molecule has 0 saturated carbocycles. The van der Waals surface area contributed by atoms with Gasteiger partial charge < -0.3 is 9.84 Å². The van der Waals surface area contributed by atoms with Crippen molar-refractivity contribution in [2.45, 2.75) is 26.8 Å². The number of benzene rings is 3. The van der Waals surface area contributed by atoms with E-state index in [1.54, 1.807) is 24.3 Å². The van der Waals surface area contributed by atoms with Crippen molar-refractivity contribution in [2.24, 2.45) is 0 Å². The molecule has 5 nitrogen and oxygen atoms in total. The van der Waals surface area contributed by atoms with Crippen molar-refractivity contribution in [3.63, 3.8) is 0 Å². The number of aliphatic hydroxyl groups is 1. The fraction of sp³-hybridized carbons (Fsp3) is 0.185. The first kappa shape index (κ1) is 22.6. The van der Waals surface area contributed by atoms with Crippen LogP contribution in [0, 0.1) is 13.8 Å². The van der Waals surface area contributed by atoms with Crippen molar-refractivity contribution < 1.29 is 19.4 Å². The Morgan fingerprint density at radius 1 is 1.00 bits per heavy atom. The van der Waals surface area contributed by atoms with Gasteiger partial charge in [-0.05, 0) is 62.2 Å². The highest BCUT2D eigenvalue weighted by Gasteiger charge is 2.47. The molecule has 0 aromatic heterocycles. The number of carbonyl (C=O) groups is 2. The highest BCUT2D eigenvalue weighted by Crippen LogP contribution is 2.43. The van der Waals surface area contributed by atoms with Crippen molar-refractivity contribution in [3.8, 4) is 5.75 Å². The molecular formula is C27H24ClNO4. The van der Waals surface area contributed by atoms with E-state index in [0.717, 1.165) is 16.7 Å². The number of hydrogen-bond acceptors (Lipinski definition) is 4. The molecule has 0 spiro atoms. The first-order chi connectivity index (χ1) is 15.8. The molecule has 1 heterocycles. The molecule has 1 fully saturated rings. The van der Waals surface area contributed by atoms with E-state index in [-0.39, 0.29) is 11.3 Å². The topological polar surface area (TPSA) is 66.8 Å². The van der Waals surface area contributed by atoms with E-state index in [2.05, 4.69) is 0 Å². The largest absolute Gasteiger partial charge is 0.507 e. The van der Waals surface area contributed by atoms with Crippen LogP contribution in [-0.4, -0.2) is 23.4 Å². The summed E-state index contributed by atoms with van der Waals surface area (Å²) in [4.78, 5) is 28.0. The van der Waals surface area contributed by atoms with Crippen molar-refractivity contribution in [2.75, 3.05) is 11.5 Å². The van der Waals surface area contributed by atoms with Gasteiger partial charge in [0.05, 0.1) is 23.2 Å². The molecule has 4 rings (SSSR count). The summed E-state index contributed by atoms with van der Waals surface area (Å²) in [6.45, 7) is 6.08. The summed E-state index contributed by atoms with van der Waals surface area (Å²) in [5.41, 5.74) is 3.63. The normalized spacial score (nSPS) is 17.5. The van der Waals surface area contributed by atoms with E-state index >= 15 is 0 Å². The van der Waals surface area contributed by atoms with Gasteiger partial charge in [0.2, 0.25) is 0 Å². The summed E-state index contributed by atoms with van der Waals surface area (Å²) < 4.78 is 5.54. The van der Waals surface area contributed by atoms with Gasteiger partial charge in [-0.2, -0.15) is 0 Å². The van der Waals surface area contributed by atoms with E-state index in [9.17, 15) is 14.7 Å². The number of halogens is 1. The molecular weight excluding hydrogens is 438 g/mol. The third-order valence-corrected chi connectivity index (χ3v) is 5.90. The summed E-state index contributed by atoms with van der Waals surface area (Å²) in [5.74, 6) is -1.31. The second-order valence-corrected chi connectivity index (χ2v) is 8.41. The maximum absolute atomic E-state index is 13.3. The average molecular weight is 462 g/mol. The molecule has 168 valence electrons. The number of aliphatic hydroxyl groups excluding tert-OH is 1. The number of carbonyl (C=O) groups excluding carboxylic acids is 2. The molecule has 1 aliphatic heterocycles. The smallest absolute Gasteiger partial charge is 0.300 e. The summed E-state index contributed by atoms with van der Waals surface area (Å²) in [6.07, 6.45) is 0. The highest BCUT2D eigenvalue weighted by atomic mass is 35.5. The number of ketones is 1. The van der Waals surface area contributed by atoms with Crippen LogP contribution in [0.5, 0.6) is 5.75 Å². The molecule has 1 amide bonds. The van der Waals surface area contributed by atoms with Crippen molar-refractivity contribution in [3.05, 3.63) is 99.6 Å². The predicted molar refractivity (Wildman–Crippen MR) is 130 cm³/mol. The maximum Gasteiger partial charge on any atom is 0.300 e. The molecule has 3 aromatic rings.